The van der Waals surface area contributed by atoms with E-state index in [1.165, 1.54) is 0 Å². The molecular formula is C11H19N3O8. The van der Waals surface area contributed by atoms with Crippen LogP contribution in [0.15, 0.2) is 0 Å². The van der Waals surface area contributed by atoms with Crippen LogP contribution in [0.2, 0.25) is 0 Å². The summed E-state index contributed by atoms with van der Waals surface area (Å²) in [7, 11) is 0. The number of hydrogen-bond acceptors (Lipinski definition) is 8. The largest absolute Gasteiger partial charge is 0.481 e. The quantitative estimate of drug-likeness (QED) is 0.224. The Labute approximate surface area is 125 Å². The maximum atomic E-state index is 11.1. The molecule has 0 fully saturated rings. The zero-order valence-corrected chi connectivity index (χ0v) is 11.7. The van der Waals surface area contributed by atoms with Crippen molar-refractivity contribution in [3.05, 3.63) is 0 Å². The minimum atomic E-state index is -1.74. The molecule has 8 N–H and O–H groups in total. The minimum Gasteiger partial charge on any atom is -0.481 e. The second-order valence-corrected chi connectivity index (χ2v) is 4.67. The molecule has 0 aliphatic carbocycles. The normalized spacial score (nSPS) is 12.5. The average molecular weight is 321 g/mol. The number of carboxylic acids is 3. The van der Waals surface area contributed by atoms with Crippen molar-refractivity contribution in [3.63, 3.8) is 0 Å². The molecule has 11 heteroatoms. The number of carboxylic acid groups (broad SMARTS) is 3. The highest BCUT2D eigenvalue weighted by Crippen LogP contribution is 2.28. The molecular weight excluding hydrogens is 302 g/mol. The van der Waals surface area contributed by atoms with Crippen molar-refractivity contribution in [2.75, 3.05) is 13.1 Å². The van der Waals surface area contributed by atoms with Gasteiger partial charge in [-0.2, -0.15) is 5.90 Å². The Bertz CT molecular complexity index is 423. The highest BCUT2D eigenvalue weighted by Gasteiger charge is 2.43. The Kier molecular flexibility index (Phi) is 8.01. The van der Waals surface area contributed by atoms with Gasteiger partial charge < -0.3 is 25.9 Å². The van der Waals surface area contributed by atoms with Crippen LogP contribution in [0.25, 0.3) is 0 Å². The van der Waals surface area contributed by atoms with Crippen LogP contribution in [0.4, 0.5) is 0 Å². The van der Waals surface area contributed by atoms with E-state index in [1.807, 2.05) is 0 Å². The van der Waals surface area contributed by atoms with Crippen molar-refractivity contribution < 1.29 is 39.3 Å². The van der Waals surface area contributed by atoms with E-state index >= 15 is 0 Å². The SMILES string of the molecule is NCC(CC(=O)O)C(CC(=O)O)(CC(=O)O)NCC(=O)ON. The minimum absolute atomic E-state index is 0.294. The van der Waals surface area contributed by atoms with Crippen molar-refractivity contribution in [3.8, 4) is 0 Å². The smallest absolute Gasteiger partial charge is 0.338 e. The number of carbonyl (C=O) groups is 4. The number of nitrogens with two attached hydrogens (primary N) is 2. The summed E-state index contributed by atoms with van der Waals surface area (Å²) in [6, 6.07) is 0. The third-order valence-electron chi connectivity index (χ3n) is 3.14. The van der Waals surface area contributed by atoms with E-state index in [0.29, 0.717) is 0 Å². The van der Waals surface area contributed by atoms with Crippen LogP contribution < -0.4 is 16.9 Å². The number of hydrogen-bond donors (Lipinski definition) is 6. The molecule has 0 rings (SSSR count). The first-order valence-corrected chi connectivity index (χ1v) is 6.17. The van der Waals surface area contributed by atoms with Crippen LogP contribution in [0.5, 0.6) is 0 Å². The van der Waals surface area contributed by atoms with E-state index in [1.54, 1.807) is 0 Å². The van der Waals surface area contributed by atoms with Crippen molar-refractivity contribution in [1.82, 2.24) is 5.32 Å². The third kappa shape index (κ3) is 6.47. The molecule has 126 valence electrons. The van der Waals surface area contributed by atoms with Crippen LogP contribution in [0.3, 0.4) is 0 Å². The molecule has 0 saturated heterocycles. The van der Waals surface area contributed by atoms with E-state index in [2.05, 4.69) is 16.1 Å². The number of rotatable bonds is 11. The average Bonchev–Trinajstić information content (AvgIpc) is 2.40. The lowest BCUT2D eigenvalue weighted by Crippen LogP contribution is -2.58. The zero-order chi connectivity index (χ0) is 17.3. The monoisotopic (exact) mass is 321 g/mol. The van der Waals surface area contributed by atoms with Gasteiger partial charge >= 0.3 is 23.9 Å². The van der Waals surface area contributed by atoms with Gasteiger partial charge in [-0.25, -0.2) is 4.79 Å². The Morgan fingerprint density at radius 2 is 1.55 bits per heavy atom. The molecule has 0 aliphatic rings. The Morgan fingerprint density at radius 1 is 1.05 bits per heavy atom. The molecule has 0 saturated carbocycles. The van der Waals surface area contributed by atoms with Gasteiger partial charge in [0.1, 0.15) is 0 Å². The fraction of sp³-hybridized carbons (Fsp3) is 0.636. The summed E-state index contributed by atoms with van der Waals surface area (Å²) in [6.45, 7) is -0.884. The molecule has 0 heterocycles. The van der Waals surface area contributed by atoms with Crippen LogP contribution in [-0.4, -0.2) is 57.8 Å². The van der Waals surface area contributed by atoms with Gasteiger partial charge in [0, 0.05) is 11.5 Å². The molecule has 0 bridgehead atoms. The molecule has 11 nitrogen and oxygen atoms in total. The van der Waals surface area contributed by atoms with Gasteiger partial charge in [-0.1, -0.05) is 0 Å². The molecule has 0 aliphatic heterocycles. The molecule has 0 radical (unpaired) electrons. The Balaban J connectivity index is 5.57. The topological polar surface area (TPSA) is 202 Å². The third-order valence-corrected chi connectivity index (χ3v) is 3.14. The maximum absolute atomic E-state index is 11.1. The number of nitrogens with one attached hydrogen (secondary N) is 1. The number of carbonyl (C=O) groups excluding carboxylic acids is 1. The number of aliphatic carboxylic acids is 3. The second kappa shape index (κ2) is 8.92. The maximum Gasteiger partial charge on any atom is 0.338 e. The van der Waals surface area contributed by atoms with E-state index in [4.69, 9.17) is 21.1 Å². The highest BCUT2D eigenvalue weighted by molar-refractivity contribution is 5.75. The molecule has 0 aromatic heterocycles. The molecule has 0 aromatic carbocycles. The van der Waals surface area contributed by atoms with Crippen LogP contribution in [0.1, 0.15) is 19.3 Å². The summed E-state index contributed by atoms with van der Waals surface area (Å²) >= 11 is 0. The Hall–Kier alpha value is -2.24. The van der Waals surface area contributed by atoms with Crippen molar-refractivity contribution in [2.45, 2.75) is 24.8 Å². The van der Waals surface area contributed by atoms with Gasteiger partial charge in [0.2, 0.25) is 0 Å². The highest BCUT2D eigenvalue weighted by atomic mass is 16.7. The fourth-order valence-electron chi connectivity index (χ4n) is 2.17. The van der Waals surface area contributed by atoms with Gasteiger partial charge in [0.15, 0.2) is 0 Å². The standard InChI is InChI=1S/C11H19N3O8/c12-4-6(1-7(15)16)11(2-8(17)18,3-9(19)20)14-5-10(21)22-13/h6,14H,1-5,12-13H2,(H,15,16)(H,17,18)(H,19,20). The van der Waals surface area contributed by atoms with E-state index in [-0.39, 0.29) is 6.54 Å². The first kappa shape index (κ1) is 19.8. The van der Waals surface area contributed by atoms with Crippen molar-refractivity contribution in [1.29, 1.82) is 0 Å². The van der Waals surface area contributed by atoms with Gasteiger partial charge in [-0.3, -0.25) is 19.7 Å². The van der Waals surface area contributed by atoms with Crippen LogP contribution in [0, 0.1) is 5.92 Å². The first-order valence-electron chi connectivity index (χ1n) is 6.17. The van der Waals surface area contributed by atoms with Crippen molar-refractivity contribution >= 4 is 23.9 Å². The Morgan fingerprint density at radius 3 is 1.86 bits per heavy atom. The van der Waals surface area contributed by atoms with Crippen LogP contribution >= 0.6 is 0 Å². The molecule has 0 spiro atoms. The van der Waals surface area contributed by atoms with E-state index in [9.17, 15) is 19.2 Å². The van der Waals surface area contributed by atoms with E-state index < -0.39 is 61.1 Å². The zero-order valence-electron chi connectivity index (χ0n) is 11.7. The van der Waals surface area contributed by atoms with Gasteiger partial charge in [0.05, 0.1) is 25.8 Å². The predicted molar refractivity (Wildman–Crippen MR) is 70.3 cm³/mol. The summed E-state index contributed by atoms with van der Waals surface area (Å²) in [5.74, 6) is -1.38. The van der Waals surface area contributed by atoms with Gasteiger partial charge in [-0.05, 0) is 6.54 Å². The van der Waals surface area contributed by atoms with Gasteiger partial charge in [-0.15, -0.1) is 0 Å². The van der Waals surface area contributed by atoms with Crippen LogP contribution in [-0.2, 0) is 24.0 Å². The summed E-state index contributed by atoms with van der Waals surface area (Å²) in [5, 5.41) is 29.3. The molecule has 0 aromatic rings. The van der Waals surface area contributed by atoms with E-state index in [0.717, 1.165) is 0 Å². The molecule has 0 amide bonds. The lowest BCUT2D eigenvalue weighted by molar-refractivity contribution is -0.149. The summed E-state index contributed by atoms with van der Waals surface area (Å²) in [5.41, 5.74) is 3.73. The summed E-state index contributed by atoms with van der Waals surface area (Å²) in [6.07, 6.45) is -2.06. The first-order chi connectivity index (χ1) is 10.2. The second-order valence-electron chi connectivity index (χ2n) is 4.67. The molecule has 1 atom stereocenters. The van der Waals surface area contributed by atoms with Gasteiger partial charge in [0.25, 0.3) is 0 Å². The molecule has 1 unspecified atom stereocenters. The fourth-order valence-corrected chi connectivity index (χ4v) is 2.17. The summed E-state index contributed by atoms with van der Waals surface area (Å²) in [4.78, 5) is 48.0. The lowest BCUT2D eigenvalue weighted by Gasteiger charge is -2.38. The lowest BCUT2D eigenvalue weighted by atomic mass is 9.76. The molecule has 22 heavy (non-hydrogen) atoms. The predicted octanol–water partition coefficient (Wildman–Crippen LogP) is -2.27. The van der Waals surface area contributed by atoms with Crippen molar-refractivity contribution in [2.24, 2.45) is 17.5 Å². The summed E-state index contributed by atoms with van der Waals surface area (Å²) < 4.78 is 0.